The van der Waals surface area contributed by atoms with Gasteiger partial charge in [0, 0.05) is 6.42 Å². The van der Waals surface area contributed by atoms with E-state index in [1.54, 1.807) is 6.07 Å². The average Bonchev–Trinajstić information content (AvgIpc) is 2.30. The Morgan fingerprint density at radius 1 is 1.36 bits per heavy atom. The molecule has 0 fully saturated rings. The van der Waals surface area contributed by atoms with Crippen molar-refractivity contribution in [2.24, 2.45) is 0 Å². The maximum atomic E-state index is 11.0. The summed E-state index contributed by atoms with van der Waals surface area (Å²) in [6.45, 7) is 0. The summed E-state index contributed by atoms with van der Waals surface area (Å²) in [5.74, 6) is -0.0915. The van der Waals surface area contributed by atoms with Crippen molar-refractivity contribution in [2.75, 3.05) is 0 Å². The topological polar surface area (TPSA) is 37.3 Å². The number of rotatable bonds is 0. The minimum atomic E-state index is -0.869. The molecule has 0 saturated heterocycles. The van der Waals surface area contributed by atoms with E-state index in [1.165, 1.54) is 0 Å². The van der Waals surface area contributed by atoms with Crippen LogP contribution in [-0.4, -0.2) is 10.9 Å². The zero-order chi connectivity index (χ0) is 7.84. The summed E-state index contributed by atoms with van der Waals surface area (Å²) in [6.07, 6.45) is -0.483. The maximum absolute atomic E-state index is 11.0. The molecular formula is C9H8O2. The largest absolute Gasteiger partial charge is 0.381 e. The quantitative estimate of drug-likeness (QED) is 0.592. The first kappa shape index (κ1) is 6.55. The molecule has 1 atom stereocenters. The van der Waals surface area contributed by atoms with Gasteiger partial charge in [-0.05, 0) is 11.1 Å². The van der Waals surface area contributed by atoms with Crippen LogP contribution in [0.15, 0.2) is 24.3 Å². The predicted octanol–water partition coefficient (Wildman–Crippen LogP) is 0.845. The van der Waals surface area contributed by atoms with E-state index >= 15 is 0 Å². The van der Waals surface area contributed by atoms with Crippen LogP contribution in [0.4, 0.5) is 0 Å². The number of Topliss-reactive ketones (excluding diaryl/α,β-unsaturated/α-hetero) is 1. The molecule has 0 saturated carbocycles. The summed E-state index contributed by atoms with van der Waals surface area (Å²) in [7, 11) is 0. The van der Waals surface area contributed by atoms with E-state index in [4.69, 9.17) is 0 Å². The number of carbonyl (C=O) groups is 1. The fraction of sp³-hybridized carbons (Fsp3) is 0.222. The molecule has 56 valence electrons. The summed E-state index contributed by atoms with van der Waals surface area (Å²) < 4.78 is 0. The van der Waals surface area contributed by atoms with Crippen LogP contribution < -0.4 is 0 Å². The Morgan fingerprint density at radius 3 is 2.82 bits per heavy atom. The second-order valence-electron chi connectivity index (χ2n) is 2.74. The highest BCUT2D eigenvalue weighted by molar-refractivity contribution is 5.90. The molecular weight excluding hydrogens is 140 g/mol. The van der Waals surface area contributed by atoms with Crippen LogP contribution >= 0.6 is 0 Å². The van der Waals surface area contributed by atoms with E-state index in [-0.39, 0.29) is 5.78 Å². The summed E-state index contributed by atoms with van der Waals surface area (Å²) in [4.78, 5) is 11.0. The van der Waals surface area contributed by atoms with E-state index in [9.17, 15) is 9.90 Å². The maximum Gasteiger partial charge on any atom is 0.170 e. The highest BCUT2D eigenvalue weighted by Crippen LogP contribution is 2.27. The summed E-state index contributed by atoms with van der Waals surface area (Å²) in [6, 6.07) is 7.39. The normalized spacial score (nSPS) is 21.9. The Kier molecular flexibility index (Phi) is 1.29. The van der Waals surface area contributed by atoms with Crippen LogP contribution in [0.1, 0.15) is 17.2 Å². The number of carbonyl (C=O) groups excluding carboxylic acids is 1. The zero-order valence-corrected chi connectivity index (χ0v) is 5.95. The van der Waals surface area contributed by atoms with Gasteiger partial charge in [0.2, 0.25) is 0 Å². The van der Waals surface area contributed by atoms with Crippen LogP contribution in [0, 0.1) is 0 Å². The van der Waals surface area contributed by atoms with Crippen molar-refractivity contribution in [2.45, 2.75) is 12.5 Å². The fourth-order valence-corrected chi connectivity index (χ4v) is 1.42. The Bertz CT molecular complexity index is 304. The van der Waals surface area contributed by atoms with E-state index in [2.05, 4.69) is 0 Å². The molecule has 1 unspecified atom stereocenters. The third-order valence-electron chi connectivity index (χ3n) is 2.02. The first-order chi connectivity index (χ1) is 5.29. The van der Waals surface area contributed by atoms with Gasteiger partial charge in [-0.3, -0.25) is 4.79 Å². The second kappa shape index (κ2) is 2.17. The van der Waals surface area contributed by atoms with E-state index in [0.29, 0.717) is 6.42 Å². The molecule has 0 radical (unpaired) electrons. The highest BCUT2D eigenvalue weighted by atomic mass is 16.3. The molecule has 0 heterocycles. The fourth-order valence-electron chi connectivity index (χ4n) is 1.42. The van der Waals surface area contributed by atoms with Gasteiger partial charge in [0.1, 0.15) is 6.10 Å². The van der Waals surface area contributed by atoms with Crippen LogP contribution in [0.5, 0.6) is 0 Å². The van der Waals surface area contributed by atoms with E-state index in [0.717, 1.165) is 11.1 Å². The molecule has 0 spiro atoms. The minimum Gasteiger partial charge on any atom is -0.381 e. The molecule has 0 aliphatic heterocycles. The minimum absolute atomic E-state index is 0.0915. The first-order valence-electron chi connectivity index (χ1n) is 3.57. The van der Waals surface area contributed by atoms with Crippen molar-refractivity contribution < 1.29 is 9.90 Å². The number of aliphatic hydroxyl groups excluding tert-OH is 1. The van der Waals surface area contributed by atoms with Crippen LogP contribution in [-0.2, 0) is 11.2 Å². The SMILES string of the molecule is O=C1Cc2ccccc2C1O. The Balaban J connectivity index is 2.55. The number of aliphatic hydroxyl groups is 1. The molecule has 2 heteroatoms. The molecule has 1 aliphatic rings. The van der Waals surface area contributed by atoms with Crippen molar-refractivity contribution >= 4 is 5.78 Å². The Morgan fingerprint density at radius 2 is 2.09 bits per heavy atom. The molecule has 11 heavy (non-hydrogen) atoms. The zero-order valence-electron chi connectivity index (χ0n) is 5.95. The molecule has 2 rings (SSSR count). The van der Waals surface area contributed by atoms with Crippen molar-refractivity contribution in [1.29, 1.82) is 0 Å². The molecule has 0 aromatic heterocycles. The van der Waals surface area contributed by atoms with Gasteiger partial charge in [0.15, 0.2) is 5.78 Å². The Labute approximate surface area is 64.5 Å². The van der Waals surface area contributed by atoms with Crippen molar-refractivity contribution in [3.63, 3.8) is 0 Å². The number of ketones is 1. The third-order valence-corrected chi connectivity index (χ3v) is 2.02. The van der Waals surface area contributed by atoms with Gasteiger partial charge in [-0.2, -0.15) is 0 Å². The number of hydrogen-bond acceptors (Lipinski definition) is 2. The molecule has 2 nitrogen and oxygen atoms in total. The highest BCUT2D eigenvalue weighted by Gasteiger charge is 2.27. The number of fused-ring (bicyclic) bond motifs is 1. The lowest BCUT2D eigenvalue weighted by Gasteiger charge is -1.99. The van der Waals surface area contributed by atoms with E-state index in [1.807, 2.05) is 18.2 Å². The van der Waals surface area contributed by atoms with Crippen molar-refractivity contribution in [3.05, 3.63) is 35.4 Å². The van der Waals surface area contributed by atoms with Gasteiger partial charge in [0.05, 0.1) is 0 Å². The molecule has 1 N–H and O–H groups in total. The van der Waals surface area contributed by atoms with Gasteiger partial charge in [0.25, 0.3) is 0 Å². The number of hydrogen-bond donors (Lipinski definition) is 1. The van der Waals surface area contributed by atoms with Gasteiger partial charge in [-0.25, -0.2) is 0 Å². The lowest BCUT2D eigenvalue weighted by atomic mass is 10.1. The third kappa shape index (κ3) is 0.870. The van der Waals surface area contributed by atoms with Gasteiger partial charge < -0.3 is 5.11 Å². The van der Waals surface area contributed by atoms with Crippen LogP contribution in [0.2, 0.25) is 0 Å². The van der Waals surface area contributed by atoms with Crippen molar-refractivity contribution in [3.8, 4) is 0 Å². The standard InChI is InChI=1S/C9H8O2/c10-8-5-6-3-1-2-4-7(6)9(8)11/h1-4,9,11H,5H2. The molecule has 1 aromatic carbocycles. The molecule has 1 aliphatic carbocycles. The number of benzene rings is 1. The van der Waals surface area contributed by atoms with Crippen LogP contribution in [0.25, 0.3) is 0 Å². The monoisotopic (exact) mass is 148 g/mol. The van der Waals surface area contributed by atoms with Gasteiger partial charge >= 0.3 is 0 Å². The molecule has 0 bridgehead atoms. The second-order valence-corrected chi connectivity index (χ2v) is 2.74. The first-order valence-corrected chi connectivity index (χ1v) is 3.57. The lowest BCUT2D eigenvalue weighted by molar-refractivity contribution is -0.125. The Hall–Kier alpha value is -1.15. The molecule has 1 aromatic rings. The van der Waals surface area contributed by atoms with E-state index < -0.39 is 6.10 Å². The predicted molar refractivity (Wildman–Crippen MR) is 40.1 cm³/mol. The summed E-state index contributed by atoms with van der Waals surface area (Å²) >= 11 is 0. The summed E-state index contributed by atoms with van der Waals surface area (Å²) in [5, 5.41) is 9.30. The van der Waals surface area contributed by atoms with Crippen molar-refractivity contribution in [1.82, 2.24) is 0 Å². The average molecular weight is 148 g/mol. The van der Waals surface area contributed by atoms with Crippen LogP contribution in [0.3, 0.4) is 0 Å². The van der Waals surface area contributed by atoms with Gasteiger partial charge in [-0.15, -0.1) is 0 Å². The molecule has 0 amide bonds. The summed E-state index contributed by atoms with van der Waals surface area (Å²) in [5.41, 5.74) is 1.74. The lowest BCUT2D eigenvalue weighted by Crippen LogP contribution is -2.03. The smallest absolute Gasteiger partial charge is 0.170 e. The van der Waals surface area contributed by atoms with Gasteiger partial charge in [-0.1, -0.05) is 24.3 Å².